The van der Waals surface area contributed by atoms with E-state index in [-0.39, 0.29) is 0 Å². The molecular weight excluding hydrogens is 410 g/mol. The van der Waals surface area contributed by atoms with Gasteiger partial charge in [-0.25, -0.2) is 15.0 Å². The number of hydrogen-bond donors (Lipinski definition) is 0. The van der Waals surface area contributed by atoms with Gasteiger partial charge in [-0.2, -0.15) is 0 Å². The van der Waals surface area contributed by atoms with E-state index in [4.69, 9.17) is 15.0 Å². The fourth-order valence-corrected chi connectivity index (χ4v) is 6.00. The Hall–Kier alpha value is -2.25. The monoisotopic (exact) mass is 447 g/mol. The van der Waals surface area contributed by atoms with Gasteiger partial charge in [0.25, 0.3) is 0 Å². The highest BCUT2D eigenvalue weighted by molar-refractivity contribution is 5.50. The molecule has 0 N–H and O–H groups in total. The average molecular weight is 448 g/mol. The van der Waals surface area contributed by atoms with E-state index >= 15 is 0 Å². The predicted octanol–water partition coefficient (Wildman–Crippen LogP) is 3.27. The maximum Gasteiger partial charge on any atom is 0.135 e. The molecule has 7 nitrogen and oxygen atoms in total. The lowest BCUT2D eigenvalue weighted by molar-refractivity contribution is 0.120. The van der Waals surface area contributed by atoms with Crippen LogP contribution < -0.4 is 9.80 Å². The van der Waals surface area contributed by atoms with Crippen molar-refractivity contribution in [2.45, 2.75) is 64.1 Å². The first-order valence-electron chi connectivity index (χ1n) is 13.0. The molecule has 2 aromatic rings. The Bertz CT molecular complexity index is 944. The van der Waals surface area contributed by atoms with Gasteiger partial charge >= 0.3 is 0 Å². The molecule has 3 aliphatic heterocycles. The van der Waals surface area contributed by atoms with Crippen molar-refractivity contribution in [2.24, 2.45) is 0 Å². The second-order valence-corrected chi connectivity index (χ2v) is 10.3. The fraction of sp³-hybridized carbons (Fsp3) is 0.654. The number of fused-ring (bicyclic) bond motifs is 1. The van der Waals surface area contributed by atoms with Crippen LogP contribution in [-0.2, 0) is 13.0 Å². The number of anilines is 2. The van der Waals surface area contributed by atoms with Gasteiger partial charge in [0, 0.05) is 76.2 Å². The van der Waals surface area contributed by atoms with Crippen molar-refractivity contribution >= 4 is 11.6 Å². The van der Waals surface area contributed by atoms with Gasteiger partial charge in [-0.15, -0.1) is 0 Å². The smallest absolute Gasteiger partial charge is 0.135 e. The van der Waals surface area contributed by atoms with Crippen LogP contribution >= 0.6 is 0 Å². The summed E-state index contributed by atoms with van der Waals surface area (Å²) in [6.45, 7) is 11.1. The predicted molar refractivity (Wildman–Crippen MR) is 132 cm³/mol. The molecule has 2 saturated heterocycles. The Morgan fingerprint density at radius 3 is 2.36 bits per heavy atom. The number of aromatic nitrogens is 3. The van der Waals surface area contributed by atoms with Crippen LogP contribution in [0.4, 0.5) is 11.6 Å². The van der Waals surface area contributed by atoms with E-state index in [9.17, 15) is 0 Å². The van der Waals surface area contributed by atoms with Gasteiger partial charge in [0.15, 0.2) is 0 Å². The number of rotatable bonds is 5. The maximum absolute atomic E-state index is 4.79. The highest BCUT2D eigenvalue weighted by Crippen LogP contribution is 2.32. The van der Waals surface area contributed by atoms with E-state index in [1.54, 1.807) is 6.33 Å². The van der Waals surface area contributed by atoms with Gasteiger partial charge in [0.1, 0.15) is 18.0 Å². The third kappa shape index (κ3) is 4.21. The molecule has 0 amide bonds. The van der Waals surface area contributed by atoms with Crippen LogP contribution in [0.3, 0.4) is 0 Å². The van der Waals surface area contributed by atoms with Crippen LogP contribution in [0.15, 0.2) is 24.7 Å². The molecule has 33 heavy (non-hydrogen) atoms. The lowest BCUT2D eigenvalue weighted by Gasteiger charge is -2.44. The van der Waals surface area contributed by atoms with Crippen molar-refractivity contribution in [2.75, 3.05) is 55.6 Å². The van der Waals surface area contributed by atoms with Gasteiger partial charge in [-0.3, -0.25) is 9.80 Å². The van der Waals surface area contributed by atoms with Crippen molar-refractivity contribution in [3.63, 3.8) is 0 Å². The van der Waals surface area contributed by atoms with Crippen molar-refractivity contribution in [3.8, 4) is 0 Å². The summed E-state index contributed by atoms with van der Waals surface area (Å²) in [5.74, 6) is 2.32. The Morgan fingerprint density at radius 1 is 0.848 bits per heavy atom. The molecule has 1 aliphatic carbocycles. The highest BCUT2D eigenvalue weighted by Gasteiger charge is 2.31. The number of hydrogen-bond acceptors (Lipinski definition) is 7. The topological polar surface area (TPSA) is 51.6 Å². The summed E-state index contributed by atoms with van der Waals surface area (Å²) >= 11 is 0. The minimum atomic E-state index is 0.336. The van der Waals surface area contributed by atoms with Crippen LogP contribution in [0.25, 0.3) is 0 Å². The summed E-state index contributed by atoms with van der Waals surface area (Å²) < 4.78 is 0. The Kier molecular flexibility index (Phi) is 5.93. The van der Waals surface area contributed by atoms with Gasteiger partial charge in [-0.05, 0) is 50.7 Å². The molecule has 7 heteroatoms. The van der Waals surface area contributed by atoms with Crippen molar-refractivity contribution < 1.29 is 0 Å². The van der Waals surface area contributed by atoms with E-state index in [0.29, 0.717) is 6.04 Å². The summed E-state index contributed by atoms with van der Waals surface area (Å²) in [5.41, 5.74) is 3.88. The minimum Gasteiger partial charge on any atom is -0.357 e. The summed E-state index contributed by atoms with van der Waals surface area (Å²) in [6, 6.07) is 5.66. The van der Waals surface area contributed by atoms with E-state index in [0.717, 1.165) is 57.5 Å². The van der Waals surface area contributed by atoms with E-state index in [2.05, 4.69) is 44.9 Å². The standard InChI is InChI=1S/C26H37N7/c1-20(21-7-8-25(27-17-21)31-10-2-3-11-31)33-12-9-23-24(18-33)28-19-29-26(23)32-15-13-30(14-16-32)22-5-4-6-22/h7-8,17,19-20,22H,2-6,9-16,18H2,1H3. The first-order chi connectivity index (χ1) is 16.3. The van der Waals surface area contributed by atoms with Crippen LogP contribution in [0.5, 0.6) is 0 Å². The van der Waals surface area contributed by atoms with Crippen molar-refractivity contribution in [1.29, 1.82) is 0 Å². The second kappa shape index (κ2) is 9.18. The van der Waals surface area contributed by atoms with Crippen molar-refractivity contribution in [1.82, 2.24) is 24.8 Å². The minimum absolute atomic E-state index is 0.336. The maximum atomic E-state index is 4.79. The third-order valence-corrected chi connectivity index (χ3v) is 8.45. The molecule has 5 heterocycles. The number of pyridine rings is 1. The van der Waals surface area contributed by atoms with Gasteiger partial charge in [-0.1, -0.05) is 12.5 Å². The van der Waals surface area contributed by atoms with Crippen LogP contribution in [-0.4, -0.2) is 76.6 Å². The molecule has 176 valence electrons. The van der Waals surface area contributed by atoms with Crippen LogP contribution in [0.2, 0.25) is 0 Å². The summed E-state index contributed by atoms with van der Waals surface area (Å²) in [4.78, 5) is 24.4. The van der Waals surface area contributed by atoms with E-state index in [1.165, 1.54) is 67.8 Å². The van der Waals surface area contributed by atoms with E-state index < -0.39 is 0 Å². The van der Waals surface area contributed by atoms with Gasteiger partial charge < -0.3 is 9.80 Å². The molecule has 0 radical (unpaired) electrons. The molecule has 1 saturated carbocycles. The SMILES string of the molecule is CC(c1ccc(N2CCCC2)nc1)N1CCc2c(ncnc2N2CCN(C3CCC3)CC2)C1. The normalized spacial score (nSPS) is 23.4. The zero-order chi connectivity index (χ0) is 22.2. The molecule has 2 aromatic heterocycles. The lowest BCUT2D eigenvalue weighted by Crippen LogP contribution is -2.52. The zero-order valence-corrected chi connectivity index (χ0v) is 20.0. The zero-order valence-electron chi connectivity index (χ0n) is 20.0. The van der Waals surface area contributed by atoms with Gasteiger partial charge in [0.05, 0.1) is 5.69 Å². The molecule has 1 atom stereocenters. The summed E-state index contributed by atoms with van der Waals surface area (Å²) in [7, 11) is 0. The molecule has 1 unspecified atom stereocenters. The molecule has 0 bridgehead atoms. The Balaban J connectivity index is 1.12. The molecule has 4 aliphatic rings. The lowest BCUT2D eigenvalue weighted by atomic mass is 9.91. The van der Waals surface area contributed by atoms with Gasteiger partial charge in [0.2, 0.25) is 0 Å². The third-order valence-electron chi connectivity index (χ3n) is 8.45. The molecule has 6 rings (SSSR count). The number of nitrogens with zero attached hydrogens (tertiary/aromatic N) is 7. The molecule has 3 fully saturated rings. The fourth-order valence-electron chi connectivity index (χ4n) is 6.00. The molecule has 0 spiro atoms. The quantitative estimate of drug-likeness (QED) is 0.697. The Labute approximate surface area is 197 Å². The first kappa shape index (κ1) is 21.3. The number of piperazine rings is 1. The Morgan fingerprint density at radius 2 is 1.67 bits per heavy atom. The first-order valence-corrected chi connectivity index (χ1v) is 13.0. The van der Waals surface area contributed by atoms with Crippen molar-refractivity contribution in [3.05, 3.63) is 41.5 Å². The van der Waals surface area contributed by atoms with Crippen LogP contribution in [0, 0.1) is 0 Å². The molecule has 0 aromatic carbocycles. The average Bonchev–Trinajstić information content (AvgIpc) is 3.38. The largest absolute Gasteiger partial charge is 0.357 e. The van der Waals surface area contributed by atoms with E-state index in [1.807, 2.05) is 0 Å². The molecular formula is C26H37N7. The highest BCUT2D eigenvalue weighted by atomic mass is 15.3. The second-order valence-electron chi connectivity index (χ2n) is 10.3. The summed E-state index contributed by atoms with van der Waals surface area (Å²) in [6.07, 6.45) is 11.7. The summed E-state index contributed by atoms with van der Waals surface area (Å²) in [5, 5.41) is 0. The van der Waals surface area contributed by atoms with Crippen LogP contribution in [0.1, 0.15) is 61.9 Å².